The Morgan fingerprint density at radius 1 is 1.15 bits per heavy atom. The number of nitrogens with zero attached hydrogens (tertiary/aromatic N) is 1. The fourth-order valence-electron chi connectivity index (χ4n) is 2.65. The molecule has 0 saturated heterocycles. The van der Waals surface area contributed by atoms with Crippen LogP contribution in [0, 0.1) is 12.3 Å². The fraction of sp³-hybridized carbons (Fsp3) is 0.455. The highest BCUT2D eigenvalue weighted by molar-refractivity contribution is 7.99. The summed E-state index contributed by atoms with van der Waals surface area (Å²) in [5, 5.41) is 10.4. The van der Waals surface area contributed by atoms with Gasteiger partial charge in [-0.15, -0.1) is 11.8 Å². The third-order valence-electron chi connectivity index (χ3n) is 4.09. The zero-order valence-corrected chi connectivity index (χ0v) is 17.4. The van der Waals surface area contributed by atoms with Crippen molar-refractivity contribution in [1.29, 1.82) is 0 Å². The first-order valence-corrected chi connectivity index (χ1v) is 10.3. The van der Waals surface area contributed by atoms with Gasteiger partial charge >= 0.3 is 0 Å². The third kappa shape index (κ3) is 6.90. The van der Waals surface area contributed by atoms with Crippen LogP contribution in [0.15, 0.2) is 41.6 Å². The average molecular weight is 388 g/mol. The second-order valence-corrected chi connectivity index (χ2v) is 9.00. The quantitative estimate of drug-likeness (QED) is 0.341. The van der Waals surface area contributed by atoms with Crippen LogP contribution < -0.4 is 4.74 Å². The largest absolute Gasteiger partial charge is 0.507 e. The minimum Gasteiger partial charge on any atom is -0.507 e. The molecule has 0 aliphatic rings. The molecule has 1 aromatic heterocycles. The number of rotatable bonds is 9. The highest BCUT2D eigenvalue weighted by Gasteiger charge is 2.21. The molecule has 0 radical (unpaired) electrons. The maximum atomic E-state index is 12.4. The van der Waals surface area contributed by atoms with Crippen molar-refractivity contribution >= 4 is 17.5 Å². The van der Waals surface area contributed by atoms with Gasteiger partial charge in [0.05, 0.1) is 12.2 Å². The Morgan fingerprint density at radius 3 is 2.52 bits per heavy atom. The van der Waals surface area contributed by atoms with Gasteiger partial charge in [-0.1, -0.05) is 20.8 Å². The highest BCUT2D eigenvalue weighted by atomic mass is 32.2. The van der Waals surface area contributed by atoms with E-state index in [-0.39, 0.29) is 16.9 Å². The Labute approximate surface area is 166 Å². The molecule has 5 heteroatoms. The van der Waals surface area contributed by atoms with Gasteiger partial charge in [0.15, 0.2) is 5.78 Å². The normalized spacial score (nSPS) is 11.4. The monoisotopic (exact) mass is 387 g/mol. The van der Waals surface area contributed by atoms with Crippen molar-refractivity contribution in [2.45, 2.75) is 51.9 Å². The number of aromatic hydroxyl groups is 1. The number of carbonyl (C=O) groups is 1. The van der Waals surface area contributed by atoms with Crippen LogP contribution in [0.4, 0.5) is 0 Å². The molecule has 4 nitrogen and oxygen atoms in total. The summed E-state index contributed by atoms with van der Waals surface area (Å²) in [4.78, 5) is 17.6. The lowest BCUT2D eigenvalue weighted by Crippen LogP contribution is -2.13. The second-order valence-electron chi connectivity index (χ2n) is 7.83. The van der Waals surface area contributed by atoms with E-state index in [1.54, 1.807) is 31.5 Å². The number of ketones is 1. The Kier molecular flexibility index (Phi) is 7.72. The SMILES string of the molecule is Cc1c(OCCCCSc2ccncc2)ccc(C(=O)CC(C)(C)C)c1O. The molecule has 0 fully saturated rings. The predicted molar refractivity (Wildman–Crippen MR) is 111 cm³/mol. The molecule has 0 unspecified atom stereocenters. The Morgan fingerprint density at radius 2 is 1.85 bits per heavy atom. The van der Waals surface area contributed by atoms with Gasteiger partial charge in [0.2, 0.25) is 0 Å². The summed E-state index contributed by atoms with van der Waals surface area (Å²) in [6.07, 6.45) is 5.98. The summed E-state index contributed by atoms with van der Waals surface area (Å²) in [6.45, 7) is 8.42. The summed E-state index contributed by atoms with van der Waals surface area (Å²) in [7, 11) is 0. The number of aromatic nitrogens is 1. The number of phenolic OH excluding ortho intramolecular Hbond substituents is 1. The van der Waals surface area contributed by atoms with Crippen LogP contribution in [-0.4, -0.2) is 28.2 Å². The van der Waals surface area contributed by atoms with E-state index >= 15 is 0 Å². The van der Waals surface area contributed by atoms with Gasteiger partial charge in [-0.3, -0.25) is 9.78 Å². The molecule has 0 amide bonds. The number of Topliss-reactive ketones (excluding diaryl/α,β-unsaturated/α-hetero) is 1. The second kappa shape index (κ2) is 9.79. The number of benzene rings is 1. The number of hydrogen-bond donors (Lipinski definition) is 1. The topological polar surface area (TPSA) is 59.4 Å². The van der Waals surface area contributed by atoms with Gasteiger partial charge in [0.1, 0.15) is 11.5 Å². The lowest BCUT2D eigenvalue weighted by Gasteiger charge is -2.18. The molecule has 2 aromatic rings. The molecule has 0 bridgehead atoms. The Bertz CT molecular complexity index is 754. The van der Waals surface area contributed by atoms with E-state index in [9.17, 15) is 9.90 Å². The van der Waals surface area contributed by atoms with Crippen LogP contribution >= 0.6 is 11.8 Å². The number of thioether (sulfide) groups is 1. The average Bonchev–Trinajstić information content (AvgIpc) is 2.60. The lowest BCUT2D eigenvalue weighted by molar-refractivity contribution is 0.0937. The summed E-state index contributed by atoms with van der Waals surface area (Å²) >= 11 is 1.81. The summed E-state index contributed by atoms with van der Waals surface area (Å²) in [5.74, 6) is 1.66. The van der Waals surface area contributed by atoms with E-state index in [2.05, 4.69) is 4.98 Å². The Hall–Kier alpha value is -2.01. The van der Waals surface area contributed by atoms with Crippen LogP contribution in [0.2, 0.25) is 0 Å². The van der Waals surface area contributed by atoms with Crippen LogP contribution in [-0.2, 0) is 0 Å². The van der Waals surface area contributed by atoms with Crippen LogP contribution in [0.5, 0.6) is 11.5 Å². The predicted octanol–water partition coefficient (Wildman–Crippen LogP) is 5.67. The van der Waals surface area contributed by atoms with E-state index in [1.165, 1.54) is 4.90 Å². The number of hydrogen-bond acceptors (Lipinski definition) is 5. The maximum Gasteiger partial charge on any atom is 0.167 e. The Balaban J connectivity index is 1.81. The molecule has 0 atom stereocenters. The van der Waals surface area contributed by atoms with Crippen molar-refractivity contribution < 1.29 is 14.6 Å². The highest BCUT2D eigenvalue weighted by Crippen LogP contribution is 2.33. The van der Waals surface area contributed by atoms with Crippen LogP contribution in [0.25, 0.3) is 0 Å². The number of ether oxygens (including phenoxy) is 1. The molecular weight excluding hydrogens is 358 g/mol. The van der Waals surface area contributed by atoms with Crippen molar-refractivity contribution in [2.75, 3.05) is 12.4 Å². The maximum absolute atomic E-state index is 12.4. The van der Waals surface area contributed by atoms with Gasteiger partial charge in [-0.05, 0) is 55.2 Å². The number of unbranched alkanes of at least 4 members (excludes halogenated alkanes) is 1. The zero-order chi connectivity index (χ0) is 19.9. The molecule has 0 aliphatic carbocycles. The lowest BCUT2D eigenvalue weighted by atomic mass is 9.87. The van der Waals surface area contributed by atoms with Gasteiger partial charge < -0.3 is 9.84 Å². The van der Waals surface area contributed by atoms with E-state index in [0.717, 1.165) is 18.6 Å². The van der Waals surface area contributed by atoms with Crippen molar-refractivity contribution in [1.82, 2.24) is 4.98 Å². The van der Waals surface area contributed by atoms with Gasteiger partial charge in [-0.25, -0.2) is 0 Å². The minimum atomic E-state index is -0.110. The summed E-state index contributed by atoms with van der Waals surface area (Å²) in [6, 6.07) is 7.48. The first-order chi connectivity index (χ1) is 12.8. The number of pyridine rings is 1. The molecular formula is C22H29NO3S. The molecule has 1 aromatic carbocycles. The standard InChI is InChI=1S/C22H29NO3S/c1-16-20(8-7-18(21(16)25)19(24)15-22(2,3)4)26-13-5-6-14-27-17-9-11-23-12-10-17/h7-12,25H,5-6,13-15H2,1-4H3. The smallest absolute Gasteiger partial charge is 0.167 e. The first-order valence-electron chi connectivity index (χ1n) is 9.29. The summed E-state index contributed by atoms with van der Waals surface area (Å²) < 4.78 is 5.81. The van der Waals surface area contributed by atoms with Crippen molar-refractivity contribution in [3.05, 3.63) is 47.8 Å². The van der Waals surface area contributed by atoms with Gasteiger partial charge in [-0.2, -0.15) is 0 Å². The number of phenols is 1. The molecule has 0 spiro atoms. The molecule has 1 heterocycles. The third-order valence-corrected chi connectivity index (χ3v) is 5.19. The van der Waals surface area contributed by atoms with Crippen molar-refractivity contribution in [3.63, 3.8) is 0 Å². The van der Waals surface area contributed by atoms with Gasteiger partial charge in [0.25, 0.3) is 0 Å². The fourth-order valence-corrected chi connectivity index (χ4v) is 3.55. The molecule has 0 aliphatic heterocycles. The van der Waals surface area contributed by atoms with E-state index in [0.29, 0.717) is 29.9 Å². The van der Waals surface area contributed by atoms with Crippen LogP contribution in [0.3, 0.4) is 0 Å². The molecule has 27 heavy (non-hydrogen) atoms. The van der Waals surface area contributed by atoms with Gasteiger partial charge in [0, 0.05) is 29.3 Å². The minimum absolute atomic E-state index is 0.0370. The van der Waals surface area contributed by atoms with Crippen molar-refractivity contribution in [3.8, 4) is 11.5 Å². The van der Waals surface area contributed by atoms with E-state index in [4.69, 9.17) is 4.74 Å². The summed E-state index contributed by atoms with van der Waals surface area (Å²) in [5.41, 5.74) is 0.894. The molecule has 0 saturated carbocycles. The molecule has 2 rings (SSSR count). The molecule has 1 N–H and O–H groups in total. The van der Waals surface area contributed by atoms with E-state index < -0.39 is 0 Å². The van der Waals surface area contributed by atoms with Crippen molar-refractivity contribution in [2.24, 2.45) is 5.41 Å². The first kappa shape index (κ1) is 21.3. The zero-order valence-electron chi connectivity index (χ0n) is 16.6. The number of carbonyl (C=O) groups excluding carboxylic acids is 1. The van der Waals surface area contributed by atoms with E-state index in [1.807, 2.05) is 44.7 Å². The molecule has 146 valence electrons. The van der Waals surface area contributed by atoms with Crippen LogP contribution in [0.1, 0.15) is 56.0 Å².